The van der Waals surface area contributed by atoms with E-state index in [9.17, 15) is 4.39 Å². The van der Waals surface area contributed by atoms with E-state index in [1.807, 2.05) is 13.0 Å². The Morgan fingerprint density at radius 1 is 1.50 bits per heavy atom. The molecule has 1 aliphatic rings. The number of hydrogen-bond acceptors (Lipinski definition) is 2. The average molecular weight is 250 g/mol. The molecule has 100 valence electrons. The first-order chi connectivity index (χ1) is 8.61. The van der Waals surface area contributed by atoms with E-state index in [0.29, 0.717) is 0 Å². The van der Waals surface area contributed by atoms with Crippen molar-refractivity contribution in [3.63, 3.8) is 0 Å². The molecule has 0 spiro atoms. The molecule has 1 saturated heterocycles. The van der Waals surface area contributed by atoms with Gasteiger partial charge in [-0.05, 0) is 43.5 Å². The summed E-state index contributed by atoms with van der Waals surface area (Å²) in [5.41, 5.74) is 7.12. The minimum absolute atomic E-state index is 0.0161. The third-order valence-corrected chi connectivity index (χ3v) is 3.98. The van der Waals surface area contributed by atoms with Crippen LogP contribution in [0.1, 0.15) is 38.3 Å². The third kappa shape index (κ3) is 2.90. The van der Waals surface area contributed by atoms with Crippen LogP contribution in [0.5, 0.6) is 0 Å². The van der Waals surface area contributed by atoms with Crippen LogP contribution in [-0.4, -0.2) is 24.0 Å². The van der Waals surface area contributed by atoms with Crippen LogP contribution in [0.3, 0.4) is 0 Å². The molecule has 0 aromatic heterocycles. The van der Waals surface area contributed by atoms with Gasteiger partial charge < -0.3 is 5.73 Å². The lowest BCUT2D eigenvalue weighted by molar-refractivity contribution is 0.210. The molecule has 2 rings (SSSR count). The van der Waals surface area contributed by atoms with Crippen molar-refractivity contribution in [1.29, 1.82) is 0 Å². The first-order valence-electron chi connectivity index (χ1n) is 6.87. The quantitative estimate of drug-likeness (QED) is 0.890. The van der Waals surface area contributed by atoms with Crippen molar-refractivity contribution in [2.24, 2.45) is 11.7 Å². The third-order valence-electron chi connectivity index (χ3n) is 3.98. The minimum Gasteiger partial charge on any atom is -0.326 e. The number of nitrogens with two attached hydrogens (primary N) is 1. The summed E-state index contributed by atoms with van der Waals surface area (Å²) < 4.78 is 13.4. The molecule has 3 heteroatoms. The van der Waals surface area contributed by atoms with Crippen LogP contribution in [0.25, 0.3) is 0 Å². The second-order valence-electron chi connectivity index (χ2n) is 5.42. The molecule has 0 radical (unpaired) electrons. The zero-order chi connectivity index (χ0) is 13.1. The smallest absolute Gasteiger partial charge is 0.123 e. The predicted octanol–water partition coefficient (Wildman–Crippen LogP) is 2.95. The molecule has 1 heterocycles. The fourth-order valence-corrected chi connectivity index (χ4v) is 2.99. The van der Waals surface area contributed by atoms with Crippen molar-refractivity contribution in [3.8, 4) is 0 Å². The fraction of sp³-hybridized carbons (Fsp3) is 0.600. The van der Waals surface area contributed by atoms with Crippen LogP contribution < -0.4 is 5.73 Å². The topological polar surface area (TPSA) is 29.3 Å². The maximum atomic E-state index is 13.4. The highest BCUT2D eigenvalue weighted by Gasteiger charge is 2.30. The summed E-state index contributed by atoms with van der Waals surface area (Å²) in [6, 6.07) is 7.01. The first-order valence-corrected chi connectivity index (χ1v) is 6.87. The van der Waals surface area contributed by atoms with Crippen molar-refractivity contribution < 1.29 is 4.39 Å². The van der Waals surface area contributed by atoms with Crippen molar-refractivity contribution in [2.45, 2.75) is 38.8 Å². The van der Waals surface area contributed by atoms with Crippen LogP contribution in [0, 0.1) is 11.7 Å². The van der Waals surface area contributed by atoms with Gasteiger partial charge in [0.1, 0.15) is 5.82 Å². The molecule has 3 atom stereocenters. The Morgan fingerprint density at radius 2 is 2.28 bits per heavy atom. The maximum absolute atomic E-state index is 13.4. The van der Waals surface area contributed by atoms with Crippen LogP contribution in [0.2, 0.25) is 0 Å². The van der Waals surface area contributed by atoms with Gasteiger partial charge in [0.2, 0.25) is 0 Å². The summed E-state index contributed by atoms with van der Waals surface area (Å²) >= 11 is 0. The van der Waals surface area contributed by atoms with Gasteiger partial charge in [0.25, 0.3) is 0 Å². The lowest BCUT2D eigenvalue weighted by Gasteiger charge is -2.31. The van der Waals surface area contributed by atoms with Gasteiger partial charge in [0, 0.05) is 18.6 Å². The lowest BCUT2D eigenvalue weighted by Crippen LogP contribution is -2.38. The molecule has 0 aliphatic carbocycles. The molecule has 2 nitrogen and oxygen atoms in total. The van der Waals surface area contributed by atoms with E-state index >= 15 is 0 Å². The fourth-order valence-electron chi connectivity index (χ4n) is 2.99. The Hall–Kier alpha value is -0.930. The molecular weight excluding hydrogens is 227 g/mol. The van der Waals surface area contributed by atoms with Gasteiger partial charge in [0.05, 0.1) is 0 Å². The summed E-state index contributed by atoms with van der Waals surface area (Å²) in [5, 5.41) is 0. The molecule has 3 unspecified atom stereocenters. The number of halogens is 1. The van der Waals surface area contributed by atoms with Gasteiger partial charge in [-0.2, -0.15) is 0 Å². The van der Waals surface area contributed by atoms with E-state index in [1.54, 1.807) is 12.1 Å². The van der Waals surface area contributed by atoms with Gasteiger partial charge in [0.15, 0.2) is 0 Å². The lowest BCUT2D eigenvalue weighted by atomic mass is 9.99. The summed E-state index contributed by atoms with van der Waals surface area (Å²) in [4.78, 5) is 2.41. The van der Waals surface area contributed by atoms with Crippen LogP contribution >= 0.6 is 0 Å². The minimum atomic E-state index is -0.176. The van der Waals surface area contributed by atoms with Crippen LogP contribution in [-0.2, 0) is 0 Å². The molecule has 1 aliphatic heterocycles. The van der Waals surface area contributed by atoms with Crippen molar-refractivity contribution in [3.05, 3.63) is 35.6 Å². The Bertz CT molecular complexity index is 392. The summed E-state index contributed by atoms with van der Waals surface area (Å²) in [6.45, 7) is 6.40. The molecule has 1 fully saturated rings. The molecule has 18 heavy (non-hydrogen) atoms. The molecule has 0 saturated carbocycles. The van der Waals surface area contributed by atoms with Gasteiger partial charge in [-0.25, -0.2) is 4.39 Å². The largest absolute Gasteiger partial charge is 0.326 e. The summed E-state index contributed by atoms with van der Waals surface area (Å²) in [5.74, 6) is 0.587. The SMILES string of the molecule is CCC1CCN(C(c2cccc(F)c2)C(C)N)C1. The average Bonchev–Trinajstić information content (AvgIpc) is 2.77. The van der Waals surface area contributed by atoms with Gasteiger partial charge in [-0.3, -0.25) is 4.90 Å². The van der Waals surface area contributed by atoms with Crippen molar-refractivity contribution >= 4 is 0 Å². The number of hydrogen-bond donors (Lipinski definition) is 1. The highest BCUT2D eigenvalue weighted by Crippen LogP contribution is 2.30. The van der Waals surface area contributed by atoms with Crippen molar-refractivity contribution in [1.82, 2.24) is 4.90 Å². The van der Waals surface area contributed by atoms with Gasteiger partial charge >= 0.3 is 0 Å². The summed E-state index contributed by atoms with van der Waals surface area (Å²) in [6.07, 6.45) is 2.44. The molecule has 0 bridgehead atoms. The van der Waals surface area contributed by atoms with Crippen LogP contribution in [0.15, 0.2) is 24.3 Å². The van der Waals surface area contributed by atoms with E-state index in [0.717, 1.165) is 24.6 Å². The number of likely N-dealkylation sites (tertiary alicyclic amines) is 1. The molecule has 1 aromatic carbocycles. The Morgan fingerprint density at radius 3 is 2.83 bits per heavy atom. The second-order valence-corrected chi connectivity index (χ2v) is 5.42. The normalized spacial score (nSPS) is 24.1. The van der Waals surface area contributed by atoms with Gasteiger partial charge in [-0.1, -0.05) is 25.5 Å². The zero-order valence-corrected chi connectivity index (χ0v) is 11.3. The highest BCUT2D eigenvalue weighted by molar-refractivity contribution is 5.22. The molecule has 1 aromatic rings. The Balaban J connectivity index is 2.19. The number of nitrogens with zero attached hydrogens (tertiary/aromatic N) is 1. The van der Waals surface area contributed by atoms with Crippen LogP contribution in [0.4, 0.5) is 4.39 Å². The predicted molar refractivity (Wildman–Crippen MR) is 72.8 cm³/mol. The Kier molecular flexibility index (Phi) is 4.36. The highest BCUT2D eigenvalue weighted by atomic mass is 19.1. The molecular formula is C15H23FN2. The van der Waals surface area contributed by atoms with E-state index in [1.165, 1.54) is 18.9 Å². The number of rotatable bonds is 4. The summed E-state index contributed by atoms with van der Waals surface area (Å²) in [7, 11) is 0. The zero-order valence-electron chi connectivity index (χ0n) is 11.3. The van der Waals surface area contributed by atoms with E-state index in [2.05, 4.69) is 11.8 Å². The Labute approximate surface area is 109 Å². The number of benzene rings is 1. The second kappa shape index (κ2) is 5.81. The van der Waals surface area contributed by atoms with Gasteiger partial charge in [-0.15, -0.1) is 0 Å². The first kappa shape index (κ1) is 13.5. The van der Waals surface area contributed by atoms with E-state index in [-0.39, 0.29) is 17.9 Å². The van der Waals surface area contributed by atoms with E-state index in [4.69, 9.17) is 5.73 Å². The van der Waals surface area contributed by atoms with E-state index < -0.39 is 0 Å². The molecule has 0 amide bonds. The van der Waals surface area contributed by atoms with Crippen molar-refractivity contribution in [2.75, 3.05) is 13.1 Å². The standard InChI is InChI=1S/C15H23FN2/c1-3-12-7-8-18(10-12)15(11(2)17)13-5-4-6-14(16)9-13/h4-6,9,11-12,15H,3,7-8,10,17H2,1-2H3. The maximum Gasteiger partial charge on any atom is 0.123 e. The molecule has 2 N–H and O–H groups in total. The monoisotopic (exact) mass is 250 g/mol.